The van der Waals surface area contributed by atoms with Crippen molar-refractivity contribution in [2.45, 2.75) is 83.3 Å². The molecular weight excluding hydrogens is 628 g/mol. The number of esters is 1. The van der Waals surface area contributed by atoms with Crippen LogP contribution in [0.5, 0.6) is 0 Å². The maximum atomic E-state index is 13.0. The first-order chi connectivity index (χ1) is 14.5. The van der Waals surface area contributed by atoms with Crippen molar-refractivity contribution >= 4 is 17.5 Å². The second kappa shape index (κ2) is 7.59. The molecule has 2 N–H and O–H groups in total. The van der Waals surface area contributed by atoms with Crippen LogP contribution < -0.4 is 5.73 Å². The van der Waals surface area contributed by atoms with Crippen molar-refractivity contribution in [1.29, 1.82) is 0 Å². The number of allylic oxidation sites excluding steroid dienone is 3. The van der Waals surface area contributed by atoms with Crippen molar-refractivity contribution < 1.29 is 50.2 Å². The zero-order chi connectivity index (χ0) is 22.4. The van der Waals surface area contributed by atoms with Crippen LogP contribution in [0.1, 0.15) is 72.1 Å². The minimum Gasteiger partial charge on any atom is -0.458 e. The van der Waals surface area contributed by atoms with Gasteiger partial charge in [-0.1, -0.05) is 38.0 Å². The van der Waals surface area contributed by atoms with E-state index < -0.39 is 22.0 Å². The Hall–Kier alpha value is -0.828. The maximum absolute atomic E-state index is 13.0. The number of nitrogens with two attached hydrogens (primary N) is 1. The number of Topliss-reactive ketones (excluding diaryl/α,β-unsaturated/α-hetero) is 1. The molecule has 0 bridgehead atoms. The predicted molar refractivity (Wildman–Crippen MR) is 117 cm³/mol. The van der Waals surface area contributed by atoms with E-state index in [1.54, 1.807) is 6.08 Å². The predicted octanol–water partition coefficient (Wildman–Crippen LogP) is 3.86. The van der Waals surface area contributed by atoms with Gasteiger partial charge in [0, 0.05) is 46.8 Å². The number of ether oxygens (including phenoxy) is 1. The van der Waals surface area contributed by atoms with Crippen LogP contribution in [0.4, 0.5) is 0 Å². The van der Waals surface area contributed by atoms with Gasteiger partial charge >= 0.3 is 37.1 Å². The molecule has 32 heavy (non-hydrogen) atoms. The van der Waals surface area contributed by atoms with Gasteiger partial charge in [0.25, 0.3) is 0 Å². The molecule has 1 aliphatic heterocycles. The second-order valence-corrected chi connectivity index (χ2v) is 11.2. The van der Waals surface area contributed by atoms with Gasteiger partial charge in [-0.2, -0.15) is 0 Å². The standard InChI is InChI=1S/C26H34NO4.U/c1-15-5-6-18(29)13-17-14-20(16(2)28)24(4)19(22(15)17)7-9-23(3)25(10-8-21(30)31-25)11-12-26(23,24)27;/h7,13,15,20,22H,2,5-6,8-12,14,27H2,1,3-4H3;/q-1;+2/t15?,20-,22?,23?,24?,25?,26-;/m0./s1. The number of hydrogen-bond acceptors (Lipinski definition) is 5. The van der Waals surface area contributed by atoms with Gasteiger partial charge in [0.1, 0.15) is 5.60 Å². The van der Waals surface area contributed by atoms with E-state index in [0.717, 1.165) is 24.8 Å². The molecule has 0 amide bonds. The van der Waals surface area contributed by atoms with E-state index in [2.05, 4.69) is 33.8 Å². The van der Waals surface area contributed by atoms with E-state index in [0.29, 0.717) is 38.0 Å². The number of rotatable bonds is 1. The van der Waals surface area contributed by atoms with Crippen molar-refractivity contribution in [3.8, 4) is 0 Å². The van der Waals surface area contributed by atoms with E-state index >= 15 is 0 Å². The fraction of sp³-hybridized carbons (Fsp3) is 0.692. The maximum Gasteiger partial charge on any atom is 2.00 e. The molecular formula is C26H34NO4U+. The molecule has 1 heterocycles. The molecule has 2 saturated carbocycles. The van der Waals surface area contributed by atoms with E-state index in [1.165, 1.54) is 5.57 Å². The number of ketones is 2. The molecule has 0 aromatic rings. The molecule has 1 saturated heterocycles. The SMILES string of the molecule is [CH2-]C(=O)[C@@H]1CC2=CC(=O)CCC(C)C2C2=CCC3(C)C4(CCC(=O)O4)CC[C@@]3(N)C21C.[U+2]. The number of carbonyl (C=O) groups is 3. The molecule has 5 rings (SSSR count). The molecule has 4 aliphatic carbocycles. The quantitative estimate of drug-likeness (QED) is 0.262. The van der Waals surface area contributed by atoms with Crippen LogP contribution in [0, 0.1) is 66.6 Å². The summed E-state index contributed by atoms with van der Waals surface area (Å²) in [6.45, 7) is 10.4. The Morgan fingerprint density at radius 2 is 1.91 bits per heavy atom. The van der Waals surface area contributed by atoms with E-state index in [9.17, 15) is 14.4 Å². The van der Waals surface area contributed by atoms with Crippen LogP contribution >= 0.6 is 0 Å². The van der Waals surface area contributed by atoms with Gasteiger partial charge in [-0.3, -0.25) is 9.59 Å². The first-order valence-corrected chi connectivity index (χ1v) is 11.8. The molecule has 0 aromatic heterocycles. The van der Waals surface area contributed by atoms with Gasteiger partial charge in [-0.05, 0) is 50.5 Å². The van der Waals surface area contributed by atoms with Crippen molar-refractivity contribution in [2.24, 2.45) is 34.3 Å². The summed E-state index contributed by atoms with van der Waals surface area (Å²) in [4.78, 5) is 37.6. The monoisotopic (exact) mass is 662 g/mol. The number of carbonyl (C=O) groups excluding carboxylic acids is 3. The summed E-state index contributed by atoms with van der Waals surface area (Å²) in [5, 5.41) is 0. The topological polar surface area (TPSA) is 86.5 Å². The van der Waals surface area contributed by atoms with E-state index in [1.807, 2.05) is 0 Å². The Balaban J connectivity index is 0.00000245. The van der Waals surface area contributed by atoms with Crippen LogP contribution in [0.2, 0.25) is 0 Å². The molecule has 0 radical (unpaired) electrons. The summed E-state index contributed by atoms with van der Waals surface area (Å²) in [5.74, 6) is -0.0205. The summed E-state index contributed by atoms with van der Waals surface area (Å²) in [6.07, 6.45) is 9.35. The molecule has 3 fully saturated rings. The Kier molecular flexibility index (Phi) is 5.76. The fourth-order valence-electron chi connectivity index (χ4n) is 8.33. The average molecular weight is 663 g/mol. The van der Waals surface area contributed by atoms with Crippen molar-refractivity contribution in [3.05, 3.63) is 30.2 Å². The molecule has 5 aliphatic rings. The molecule has 6 heteroatoms. The Bertz CT molecular complexity index is 955. The van der Waals surface area contributed by atoms with Crippen molar-refractivity contribution in [2.75, 3.05) is 0 Å². The molecule has 0 aromatic carbocycles. The number of fused-ring (bicyclic) bond motifs is 6. The zero-order valence-electron chi connectivity index (χ0n) is 19.5. The first kappa shape index (κ1) is 24.3. The molecule has 5 unspecified atom stereocenters. The Morgan fingerprint density at radius 3 is 2.53 bits per heavy atom. The fourth-order valence-corrected chi connectivity index (χ4v) is 8.33. The summed E-state index contributed by atoms with van der Waals surface area (Å²) in [5.41, 5.74) is 7.48. The molecule has 1 spiro atoms. The number of hydrogen-bond donors (Lipinski definition) is 1. The summed E-state index contributed by atoms with van der Waals surface area (Å²) in [6, 6.07) is 0. The smallest absolute Gasteiger partial charge is 0.458 e. The van der Waals surface area contributed by atoms with Crippen molar-refractivity contribution in [3.63, 3.8) is 0 Å². The normalized spacial score (nSPS) is 47.3. The third-order valence-electron chi connectivity index (χ3n) is 10.2. The van der Waals surface area contributed by atoms with E-state index in [-0.39, 0.29) is 60.5 Å². The summed E-state index contributed by atoms with van der Waals surface area (Å²) in [7, 11) is 0. The third kappa shape index (κ3) is 2.79. The second-order valence-electron chi connectivity index (χ2n) is 11.2. The minimum atomic E-state index is -0.686. The van der Waals surface area contributed by atoms with E-state index in [4.69, 9.17) is 10.5 Å². The van der Waals surface area contributed by atoms with Crippen molar-refractivity contribution in [1.82, 2.24) is 0 Å². The largest absolute Gasteiger partial charge is 2.00 e. The molecule has 5 nitrogen and oxygen atoms in total. The zero-order valence-corrected chi connectivity index (χ0v) is 23.6. The van der Waals surface area contributed by atoms with Crippen LogP contribution in [-0.2, 0) is 19.1 Å². The Labute approximate surface area is 214 Å². The van der Waals surface area contributed by atoms with Crippen LogP contribution in [0.25, 0.3) is 0 Å². The third-order valence-corrected chi connectivity index (χ3v) is 10.2. The van der Waals surface area contributed by atoms with Gasteiger partial charge in [-0.25, -0.2) is 0 Å². The van der Waals surface area contributed by atoms with Crippen LogP contribution in [0.15, 0.2) is 23.3 Å². The first-order valence-electron chi connectivity index (χ1n) is 11.8. The van der Waals surface area contributed by atoms with Crippen LogP contribution in [-0.4, -0.2) is 28.7 Å². The summed E-state index contributed by atoms with van der Waals surface area (Å²) < 4.78 is 6.02. The average Bonchev–Trinajstić information content (AvgIpc) is 3.14. The van der Waals surface area contributed by atoms with Gasteiger partial charge < -0.3 is 22.2 Å². The Morgan fingerprint density at radius 1 is 1.19 bits per heavy atom. The van der Waals surface area contributed by atoms with Gasteiger partial charge in [0.05, 0.1) is 0 Å². The molecule has 170 valence electrons. The molecule has 7 atom stereocenters. The van der Waals surface area contributed by atoms with Gasteiger partial charge in [0.15, 0.2) is 5.78 Å². The van der Waals surface area contributed by atoms with Crippen LogP contribution in [0.3, 0.4) is 0 Å². The summed E-state index contributed by atoms with van der Waals surface area (Å²) >= 11 is 0. The van der Waals surface area contributed by atoms with Gasteiger partial charge in [-0.15, -0.1) is 0 Å². The minimum absolute atomic E-state index is 0. The van der Waals surface area contributed by atoms with Gasteiger partial charge in [0.2, 0.25) is 0 Å².